The first-order chi connectivity index (χ1) is 13.2. The van der Waals surface area contributed by atoms with Crippen molar-refractivity contribution in [2.45, 2.75) is 18.4 Å². The number of thioether (sulfide) groups is 1. The van der Waals surface area contributed by atoms with Gasteiger partial charge < -0.3 is 10.1 Å². The van der Waals surface area contributed by atoms with Crippen LogP contribution in [0.2, 0.25) is 0 Å². The van der Waals surface area contributed by atoms with E-state index in [4.69, 9.17) is 4.74 Å². The number of aryl methyl sites for hydroxylation is 1. The molecule has 1 heterocycles. The average molecular weight is 379 g/mol. The summed E-state index contributed by atoms with van der Waals surface area (Å²) < 4.78 is 5.35. The summed E-state index contributed by atoms with van der Waals surface area (Å²) in [6.07, 6.45) is 0.980. The molecule has 0 saturated heterocycles. The van der Waals surface area contributed by atoms with Gasteiger partial charge in [-0.25, -0.2) is 0 Å². The molecule has 6 heteroatoms. The molecule has 3 aromatic rings. The van der Waals surface area contributed by atoms with Gasteiger partial charge in [-0.1, -0.05) is 43.0 Å². The second-order valence-electron chi connectivity index (χ2n) is 5.84. The van der Waals surface area contributed by atoms with E-state index in [1.807, 2.05) is 60.7 Å². The van der Waals surface area contributed by atoms with Crippen LogP contribution in [0, 0.1) is 0 Å². The van der Waals surface area contributed by atoms with Gasteiger partial charge in [0.15, 0.2) is 0 Å². The lowest BCUT2D eigenvalue weighted by atomic mass is 10.1. The Morgan fingerprint density at radius 3 is 2.48 bits per heavy atom. The number of aromatic nitrogens is 2. The predicted molar refractivity (Wildman–Crippen MR) is 109 cm³/mol. The lowest BCUT2D eigenvalue weighted by molar-refractivity contribution is -0.113. The Morgan fingerprint density at radius 2 is 1.81 bits per heavy atom. The van der Waals surface area contributed by atoms with Gasteiger partial charge in [-0.15, -0.1) is 10.2 Å². The van der Waals surface area contributed by atoms with E-state index in [-0.39, 0.29) is 11.7 Å². The van der Waals surface area contributed by atoms with Gasteiger partial charge in [-0.05, 0) is 48.4 Å². The maximum absolute atomic E-state index is 12.1. The van der Waals surface area contributed by atoms with Crippen LogP contribution in [0.4, 0.5) is 5.69 Å². The number of benzene rings is 2. The second-order valence-corrected chi connectivity index (χ2v) is 6.84. The highest BCUT2D eigenvalue weighted by Crippen LogP contribution is 2.28. The largest absolute Gasteiger partial charge is 0.496 e. The Hall–Kier alpha value is -2.86. The van der Waals surface area contributed by atoms with Gasteiger partial charge in [0.1, 0.15) is 10.8 Å². The zero-order chi connectivity index (χ0) is 19.1. The Bertz CT molecular complexity index is 896. The number of amides is 1. The van der Waals surface area contributed by atoms with Gasteiger partial charge in [-0.3, -0.25) is 4.79 Å². The molecule has 0 radical (unpaired) electrons. The van der Waals surface area contributed by atoms with E-state index in [1.165, 1.54) is 17.3 Å². The number of nitrogens with one attached hydrogen (secondary N) is 1. The summed E-state index contributed by atoms with van der Waals surface area (Å²) in [4.78, 5) is 12.1. The fraction of sp³-hybridized carbons (Fsp3) is 0.190. The predicted octanol–water partition coefficient (Wildman–Crippen LogP) is 4.45. The van der Waals surface area contributed by atoms with Crippen LogP contribution >= 0.6 is 11.8 Å². The van der Waals surface area contributed by atoms with E-state index in [2.05, 4.69) is 22.4 Å². The number of ether oxygens (including phenoxy) is 1. The van der Waals surface area contributed by atoms with Crippen LogP contribution in [0.1, 0.15) is 12.5 Å². The minimum absolute atomic E-state index is 0.0696. The first-order valence-corrected chi connectivity index (χ1v) is 9.67. The molecule has 27 heavy (non-hydrogen) atoms. The van der Waals surface area contributed by atoms with Crippen molar-refractivity contribution in [3.8, 4) is 17.0 Å². The van der Waals surface area contributed by atoms with Crippen LogP contribution < -0.4 is 10.1 Å². The van der Waals surface area contributed by atoms with E-state index < -0.39 is 0 Å². The molecule has 0 unspecified atom stereocenters. The number of rotatable bonds is 7. The molecule has 0 aliphatic heterocycles. The van der Waals surface area contributed by atoms with Crippen molar-refractivity contribution in [3.63, 3.8) is 0 Å². The molecule has 0 aliphatic carbocycles. The molecular formula is C21H21N3O2S. The zero-order valence-corrected chi connectivity index (χ0v) is 16.1. The number of anilines is 1. The Morgan fingerprint density at radius 1 is 1.04 bits per heavy atom. The number of nitrogens with zero attached hydrogens (tertiary/aromatic N) is 2. The monoisotopic (exact) mass is 379 g/mol. The molecular weight excluding hydrogens is 358 g/mol. The van der Waals surface area contributed by atoms with Gasteiger partial charge in [0.05, 0.1) is 18.6 Å². The van der Waals surface area contributed by atoms with Gasteiger partial charge >= 0.3 is 0 Å². The third kappa shape index (κ3) is 5.08. The van der Waals surface area contributed by atoms with Crippen molar-refractivity contribution in [2.75, 3.05) is 18.2 Å². The number of carbonyl (C=O) groups is 1. The molecule has 138 valence electrons. The van der Waals surface area contributed by atoms with Crippen molar-refractivity contribution in [1.82, 2.24) is 10.2 Å². The highest BCUT2D eigenvalue weighted by Gasteiger charge is 2.09. The number of carbonyl (C=O) groups excluding carboxylic acids is 1. The number of hydrogen-bond acceptors (Lipinski definition) is 5. The molecule has 0 fully saturated rings. The Kier molecular flexibility index (Phi) is 6.44. The molecule has 0 aliphatic rings. The quantitative estimate of drug-likeness (QED) is 0.615. The first kappa shape index (κ1) is 18.9. The molecule has 2 aromatic carbocycles. The maximum atomic E-state index is 12.1. The summed E-state index contributed by atoms with van der Waals surface area (Å²) in [5.74, 6) is 0.957. The van der Waals surface area contributed by atoms with Crippen molar-refractivity contribution in [3.05, 3.63) is 66.2 Å². The van der Waals surface area contributed by atoms with E-state index in [0.717, 1.165) is 29.1 Å². The summed E-state index contributed by atoms with van der Waals surface area (Å²) in [5.41, 5.74) is 3.66. The maximum Gasteiger partial charge on any atom is 0.234 e. The minimum atomic E-state index is -0.0696. The standard InChI is InChI=1S/C21H21N3O2S/c1-3-15-8-10-16(11-9-15)22-20(25)14-27-21-13-12-18(23-24-21)17-6-4-5-7-19(17)26-2/h4-13H,3,14H2,1-2H3,(H,22,25). The smallest absolute Gasteiger partial charge is 0.234 e. The minimum Gasteiger partial charge on any atom is -0.496 e. The average Bonchev–Trinajstić information content (AvgIpc) is 2.73. The molecule has 0 atom stereocenters. The highest BCUT2D eigenvalue weighted by molar-refractivity contribution is 7.99. The van der Waals surface area contributed by atoms with Crippen LogP contribution in [0.25, 0.3) is 11.3 Å². The lowest BCUT2D eigenvalue weighted by Crippen LogP contribution is -2.14. The molecule has 0 bridgehead atoms. The highest BCUT2D eigenvalue weighted by atomic mass is 32.2. The summed E-state index contributed by atoms with van der Waals surface area (Å²) >= 11 is 1.35. The Labute approximate surface area is 163 Å². The van der Waals surface area contributed by atoms with Crippen LogP contribution in [-0.4, -0.2) is 29.0 Å². The van der Waals surface area contributed by atoms with E-state index in [1.54, 1.807) is 7.11 Å². The number of methoxy groups -OCH3 is 1. The van der Waals surface area contributed by atoms with Gasteiger partial charge in [0.25, 0.3) is 0 Å². The van der Waals surface area contributed by atoms with Gasteiger partial charge in [-0.2, -0.15) is 0 Å². The summed E-state index contributed by atoms with van der Waals surface area (Å²) in [6.45, 7) is 2.10. The third-order valence-corrected chi connectivity index (χ3v) is 4.94. The fourth-order valence-corrected chi connectivity index (χ4v) is 3.17. The van der Waals surface area contributed by atoms with E-state index >= 15 is 0 Å². The Balaban J connectivity index is 1.57. The van der Waals surface area contributed by atoms with Gasteiger partial charge in [0.2, 0.25) is 5.91 Å². The SMILES string of the molecule is CCc1ccc(NC(=O)CSc2ccc(-c3ccccc3OC)nn2)cc1. The summed E-state index contributed by atoms with van der Waals surface area (Å²) in [7, 11) is 1.63. The van der Waals surface area contributed by atoms with Crippen molar-refractivity contribution in [1.29, 1.82) is 0 Å². The molecule has 0 saturated carbocycles. The van der Waals surface area contributed by atoms with Crippen molar-refractivity contribution in [2.24, 2.45) is 0 Å². The lowest BCUT2D eigenvalue weighted by Gasteiger charge is -2.08. The van der Waals surface area contributed by atoms with Crippen LogP contribution in [0.3, 0.4) is 0 Å². The molecule has 0 spiro atoms. The zero-order valence-electron chi connectivity index (χ0n) is 15.3. The van der Waals surface area contributed by atoms with Crippen LogP contribution in [0.15, 0.2) is 65.7 Å². The van der Waals surface area contributed by atoms with Crippen molar-refractivity contribution < 1.29 is 9.53 Å². The van der Waals surface area contributed by atoms with Crippen LogP contribution in [-0.2, 0) is 11.2 Å². The third-order valence-electron chi connectivity index (χ3n) is 4.02. The van der Waals surface area contributed by atoms with E-state index in [9.17, 15) is 4.79 Å². The topological polar surface area (TPSA) is 64.1 Å². The molecule has 1 amide bonds. The fourth-order valence-electron chi connectivity index (χ4n) is 2.56. The van der Waals surface area contributed by atoms with Gasteiger partial charge in [0, 0.05) is 11.3 Å². The molecule has 1 aromatic heterocycles. The summed E-state index contributed by atoms with van der Waals surface area (Å²) in [5, 5.41) is 12.1. The normalized spacial score (nSPS) is 10.4. The summed E-state index contributed by atoms with van der Waals surface area (Å²) in [6, 6.07) is 19.3. The molecule has 3 rings (SSSR count). The van der Waals surface area contributed by atoms with E-state index in [0.29, 0.717) is 5.03 Å². The number of para-hydroxylation sites is 1. The number of hydrogen-bond donors (Lipinski definition) is 1. The van der Waals surface area contributed by atoms with Crippen molar-refractivity contribution >= 4 is 23.4 Å². The second kappa shape index (κ2) is 9.19. The molecule has 5 nitrogen and oxygen atoms in total. The first-order valence-electron chi connectivity index (χ1n) is 8.68. The molecule has 1 N–H and O–H groups in total. The van der Waals surface area contributed by atoms with Crippen LogP contribution in [0.5, 0.6) is 5.75 Å².